The van der Waals surface area contributed by atoms with E-state index in [9.17, 15) is 13.2 Å². The van der Waals surface area contributed by atoms with Crippen molar-refractivity contribution in [3.8, 4) is 5.75 Å². The number of anilines is 1. The number of furan rings is 1. The van der Waals surface area contributed by atoms with Gasteiger partial charge in [0, 0.05) is 28.1 Å². The maximum Gasteiger partial charge on any atom is 0.339 e. The number of fused-ring (bicyclic) bond motifs is 1. The first-order valence-corrected chi connectivity index (χ1v) is 12.2. The third-order valence-corrected chi connectivity index (χ3v) is 6.71. The summed E-state index contributed by atoms with van der Waals surface area (Å²) in [6, 6.07) is 16.9. The number of rotatable bonds is 8. The Balaban J connectivity index is 1.63. The summed E-state index contributed by atoms with van der Waals surface area (Å²) < 4.78 is 36.1. The van der Waals surface area contributed by atoms with Crippen molar-refractivity contribution in [3.63, 3.8) is 0 Å². The van der Waals surface area contributed by atoms with Crippen LogP contribution in [0.4, 0.5) is 5.69 Å². The van der Waals surface area contributed by atoms with E-state index in [1.807, 2.05) is 0 Å². The Morgan fingerprint density at radius 2 is 1.73 bits per heavy atom. The smallest absolute Gasteiger partial charge is 0.339 e. The summed E-state index contributed by atoms with van der Waals surface area (Å²) >= 11 is 5.81. The number of carbonyl (C=O) groups excluding carboxylic acids is 1. The lowest BCUT2D eigenvalue weighted by Crippen LogP contribution is -2.10. The van der Waals surface area contributed by atoms with Crippen LogP contribution in [0.15, 0.2) is 76.0 Å². The molecule has 0 spiro atoms. The Kier molecular flexibility index (Phi) is 6.44. The van der Waals surface area contributed by atoms with Crippen molar-refractivity contribution >= 4 is 44.2 Å². The quantitative estimate of drug-likeness (QED) is 0.187. The fraction of sp³-hybridized carbons (Fsp3) is 0.160. The van der Waals surface area contributed by atoms with Crippen molar-refractivity contribution in [2.45, 2.75) is 31.1 Å². The predicted octanol–water partition coefficient (Wildman–Crippen LogP) is 6.01. The molecule has 0 fully saturated rings. The Hall–Kier alpha value is -3.29. The van der Waals surface area contributed by atoms with E-state index in [0.717, 1.165) is 12.8 Å². The summed E-state index contributed by atoms with van der Waals surface area (Å²) in [5.74, 6) is 0.486. The normalized spacial score (nSPS) is 11.6. The van der Waals surface area contributed by atoms with E-state index in [4.69, 9.17) is 25.9 Å². The Bertz CT molecular complexity index is 1410. The fourth-order valence-corrected chi connectivity index (χ4v) is 4.57. The van der Waals surface area contributed by atoms with E-state index in [0.29, 0.717) is 45.0 Å². The zero-order valence-corrected chi connectivity index (χ0v) is 19.4. The van der Waals surface area contributed by atoms with Crippen molar-refractivity contribution in [1.82, 2.24) is 0 Å². The van der Waals surface area contributed by atoms with Gasteiger partial charge in [-0.15, -0.1) is 0 Å². The molecule has 4 aromatic rings. The number of carbonyl (C=O) groups is 1. The van der Waals surface area contributed by atoms with Crippen LogP contribution in [0.3, 0.4) is 0 Å². The van der Waals surface area contributed by atoms with E-state index in [-0.39, 0.29) is 16.4 Å². The highest BCUT2D eigenvalue weighted by molar-refractivity contribution is 7.87. The highest BCUT2D eigenvalue weighted by Gasteiger charge is 2.23. The molecule has 0 saturated carbocycles. The number of unbranched alkanes of at least 4 members (excludes halogenated alkanes) is 1. The molecule has 0 aliphatic heterocycles. The molecule has 0 atom stereocenters. The molecule has 0 radical (unpaired) electrons. The van der Waals surface area contributed by atoms with Crippen LogP contribution in [0.25, 0.3) is 11.0 Å². The first kappa shape index (κ1) is 22.9. The SMILES string of the molecule is CCCCc1oc2ccc(N)cc2c1C(=O)c1ccc(OS(=O)(=O)c2ccc(Cl)cc2)cc1. The summed E-state index contributed by atoms with van der Waals surface area (Å²) in [4.78, 5) is 13.4. The van der Waals surface area contributed by atoms with E-state index < -0.39 is 10.1 Å². The number of hydrogen-bond acceptors (Lipinski definition) is 6. The monoisotopic (exact) mass is 483 g/mol. The first-order chi connectivity index (χ1) is 15.8. The molecule has 33 heavy (non-hydrogen) atoms. The third kappa shape index (κ3) is 4.89. The van der Waals surface area contributed by atoms with E-state index in [1.54, 1.807) is 18.2 Å². The topological polar surface area (TPSA) is 99.6 Å². The second-order valence-corrected chi connectivity index (χ2v) is 9.59. The molecule has 0 aliphatic carbocycles. The lowest BCUT2D eigenvalue weighted by molar-refractivity contribution is 0.103. The second kappa shape index (κ2) is 9.29. The van der Waals surface area contributed by atoms with Gasteiger partial charge in [0.05, 0.1) is 5.56 Å². The molecule has 4 rings (SSSR count). The van der Waals surface area contributed by atoms with Gasteiger partial charge in [0.25, 0.3) is 0 Å². The van der Waals surface area contributed by atoms with Gasteiger partial charge in [0.1, 0.15) is 22.0 Å². The summed E-state index contributed by atoms with van der Waals surface area (Å²) in [6.45, 7) is 2.07. The molecule has 0 amide bonds. The first-order valence-electron chi connectivity index (χ1n) is 10.4. The molecule has 0 saturated heterocycles. The maximum atomic E-state index is 13.4. The molecule has 8 heteroatoms. The summed E-state index contributed by atoms with van der Waals surface area (Å²) in [6.07, 6.45) is 2.47. The fourth-order valence-electron chi connectivity index (χ4n) is 3.51. The molecular formula is C25H22ClNO5S. The molecule has 3 aromatic carbocycles. The van der Waals surface area contributed by atoms with Crippen LogP contribution in [0.1, 0.15) is 41.4 Å². The molecule has 1 heterocycles. The lowest BCUT2D eigenvalue weighted by Gasteiger charge is -2.08. The number of hydrogen-bond donors (Lipinski definition) is 1. The van der Waals surface area contributed by atoms with Crippen LogP contribution in [0.5, 0.6) is 5.75 Å². The number of aryl methyl sites for hydroxylation is 1. The minimum atomic E-state index is -4.03. The zero-order valence-electron chi connectivity index (χ0n) is 17.9. The highest BCUT2D eigenvalue weighted by Crippen LogP contribution is 2.31. The Labute approximate surface area is 197 Å². The second-order valence-electron chi connectivity index (χ2n) is 7.60. The van der Waals surface area contributed by atoms with Crippen molar-refractivity contribution < 1.29 is 21.8 Å². The molecule has 0 bridgehead atoms. The molecule has 0 aliphatic rings. The van der Waals surface area contributed by atoms with E-state index in [2.05, 4.69) is 6.92 Å². The van der Waals surface area contributed by atoms with Crippen LogP contribution in [-0.4, -0.2) is 14.2 Å². The van der Waals surface area contributed by atoms with Gasteiger partial charge in [-0.2, -0.15) is 8.42 Å². The van der Waals surface area contributed by atoms with Gasteiger partial charge in [-0.05, 0) is 73.2 Å². The minimum Gasteiger partial charge on any atom is -0.460 e. The van der Waals surface area contributed by atoms with Crippen molar-refractivity contribution in [2.24, 2.45) is 0 Å². The Morgan fingerprint density at radius 1 is 1.03 bits per heavy atom. The standard InChI is InChI=1S/C25H22ClNO5S/c1-2-3-4-23-24(21-15-18(27)9-14-22(21)31-23)25(28)16-5-10-19(11-6-16)32-33(29,30)20-12-7-17(26)8-13-20/h5-15H,2-4,27H2,1H3. The van der Waals surface area contributed by atoms with Crippen LogP contribution in [0, 0.1) is 0 Å². The van der Waals surface area contributed by atoms with Crippen LogP contribution in [0.2, 0.25) is 5.02 Å². The van der Waals surface area contributed by atoms with Gasteiger partial charge in [0.2, 0.25) is 0 Å². The summed E-state index contributed by atoms with van der Waals surface area (Å²) in [5, 5.41) is 1.08. The Morgan fingerprint density at radius 3 is 2.39 bits per heavy atom. The average Bonchev–Trinajstić information content (AvgIpc) is 3.15. The predicted molar refractivity (Wildman–Crippen MR) is 128 cm³/mol. The van der Waals surface area contributed by atoms with Crippen molar-refractivity contribution in [2.75, 3.05) is 5.73 Å². The molecule has 1 aromatic heterocycles. The lowest BCUT2D eigenvalue weighted by atomic mass is 9.98. The highest BCUT2D eigenvalue weighted by atomic mass is 35.5. The van der Waals surface area contributed by atoms with Gasteiger partial charge in [-0.3, -0.25) is 4.79 Å². The van der Waals surface area contributed by atoms with Crippen LogP contribution in [-0.2, 0) is 16.5 Å². The average molecular weight is 484 g/mol. The van der Waals surface area contributed by atoms with Gasteiger partial charge in [-0.1, -0.05) is 24.9 Å². The summed E-state index contributed by atoms with van der Waals surface area (Å²) in [7, 11) is -4.03. The largest absolute Gasteiger partial charge is 0.460 e. The van der Waals surface area contributed by atoms with Gasteiger partial charge in [0.15, 0.2) is 5.78 Å². The summed E-state index contributed by atoms with van der Waals surface area (Å²) in [5.41, 5.74) is 7.95. The van der Waals surface area contributed by atoms with Gasteiger partial charge < -0.3 is 14.3 Å². The molecule has 2 N–H and O–H groups in total. The number of benzene rings is 3. The zero-order chi connectivity index (χ0) is 23.6. The molecule has 0 unspecified atom stereocenters. The van der Waals surface area contributed by atoms with Crippen molar-refractivity contribution in [3.05, 3.63) is 88.6 Å². The minimum absolute atomic E-state index is 0.0184. The van der Waals surface area contributed by atoms with E-state index >= 15 is 0 Å². The van der Waals surface area contributed by atoms with Crippen molar-refractivity contribution in [1.29, 1.82) is 0 Å². The van der Waals surface area contributed by atoms with Crippen LogP contribution < -0.4 is 9.92 Å². The van der Waals surface area contributed by atoms with Gasteiger partial charge in [-0.25, -0.2) is 0 Å². The van der Waals surface area contributed by atoms with Gasteiger partial charge >= 0.3 is 10.1 Å². The maximum absolute atomic E-state index is 13.4. The molecule has 170 valence electrons. The molecule has 6 nitrogen and oxygen atoms in total. The number of halogens is 1. The van der Waals surface area contributed by atoms with Crippen LogP contribution >= 0.6 is 11.6 Å². The van der Waals surface area contributed by atoms with E-state index in [1.165, 1.54) is 48.5 Å². The number of nitrogens with two attached hydrogens (primary N) is 1. The third-order valence-electron chi connectivity index (χ3n) is 5.19. The number of nitrogen functional groups attached to an aromatic ring is 1. The number of ketones is 1. The molecular weight excluding hydrogens is 462 g/mol.